The van der Waals surface area contributed by atoms with Gasteiger partial charge in [-0.1, -0.05) is 6.42 Å². The number of piperazine rings is 1. The molecule has 1 aliphatic carbocycles. The standard InChI is InChI=1S/C13H24N2O2.ClH/c1-11-10-15(8-7-14-11)12(16)13(4-3-5-13)6-9-17-2;/h11,14H,3-10H2,1-2H3;1H. The fourth-order valence-corrected chi connectivity index (χ4v) is 2.92. The van der Waals surface area contributed by atoms with Gasteiger partial charge in [0.2, 0.25) is 5.91 Å². The smallest absolute Gasteiger partial charge is 0.228 e. The van der Waals surface area contributed by atoms with E-state index in [9.17, 15) is 4.79 Å². The molecule has 0 aromatic carbocycles. The lowest BCUT2D eigenvalue weighted by molar-refractivity contribution is -0.150. The number of nitrogens with one attached hydrogen (secondary N) is 1. The first-order valence-corrected chi connectivity index (χ1v) is 6.70. The first-order valence-electron chi connectivity index (χ1n) is 6.70. The largest absolute Gasteiger partial charge is 0.385 e. The first-order chi connectivity index (χ1) is 8.18. The highest BCUT2D eigenvalue weighted by Gasteiger charge is 2.46. The Labute approximate surface area is 116 Å². The maximum absolute atomic E-state index is 12.6. The quantitative estimate of drug-likeness (QED) is 0.845. The van der Waals surface area contributed by atoms with E-state index < -0.39 is 0 Å². The molecule has 2 fully saturated rings. The third-order valence-electron chi connectivity index (χ3n) is 4.21. The van der Waals surface area contributed by atoms with E-state index >= 15 is 0 Å². The van der Waals surface area contributed by atoms with Crippen LogP contribution in [-0.2, 0) is 9.53 Å². The molecule has 1 heterocycles. The number of carbonyl (C=O) groups is 1. The van der Waals surface area contributed by atoms with Crippen molar-refractivity contribution in [3.05, 3.63) is 0 Å². The second kappa shape index (κ2) is 6.73. The lowest BCUT2D eigenvalue weighted by Gasteiger charge is -2.45. The highest BCUT2D eigenvalue weighted by atomic mass is 35.5. The van der Waals surface area contributed by atoms with E-state index in [1.165, 1.54) is 6.42 Å². The fraction of sp³-hybridized carbons (Fsp3) is 0.923. The highest BCUT2D eigenvalue weighted by molar-refractivity contribution is 5.85. The van der Waals surface area contributed by atoms with Crippen molar-refractivity contribution in [3.8, 4) is 0 Å². The van der Waals surface area contributed by atoms with Crippen LogP contribution in [0.3, 0.4) is 0 Å². The van der Waals surface area contributed by atoms with Gasteiger partial charge in [-0.05, 0) is 26.2 Å². The molecule has 4 nitrogen and oxygen atoms in total. The third kappa shape index (κ3) is 3.16. The van der Waals surface area contributed by atoms with Crippen LogP contribution in [0.4, 0.5) is 0 Å². The summed E-state index contributed by atoms with van der Waals surface area (Å²) >= 11 is 0. The van der Waals surface area contributed by atoms with Crippen molar-refractivity contribution >= 4 is 18.3 Å². The van der Waals surface area contributed by atoms with E-state index in [0.717, 1.165) is 38.9 Å². The van der Waals surface area contributed by atoms with Gasteiger partial charge in [-0.3, -0.25) is 4.79 Å². The molecule has 106 valence electrons. The zero-order chi connectivity index (χ0) is 12.3. The molecule has 0 aromatic rings. The van der Waals surface area contributed by atoms with Crippen LogP contribution in [0.5, 0.6) is 0 Å². The molecular weight excluding hydrogens is 252 g/mol. The molecule has 1 saturated heterocycles. The van der Waals surface area contributed by atoms with Gasteiger partial charge in [0.15, 0.2) is 0 Å². The summed E-state index contributed by atoms with van der Waals surface area (Å²) in [6.45, 7) is 5.48. The van der Waals surface area contributed by atoms with Gasteiger partial charge in [0.25, 0.3) is 0 Å². The number of carbonyl (C=O) groups excluding carboxylic acids is 1. The van der Waals surface area contributed by atoms with E-state index in [1.54, 1.807) is 7.11 Å². The van der Waals surface area contributed by atoms with E-state index in [1.807, 2.05) is 0 Å². The number of rotatable bonds is 4. The maximum Gasteiger partial charge on any atom is 0.228 e. The summed E-state index contributed by atoms with van der Waals surface area (Å²) in [5, 5.41) is 3.38. The summed E-state index contributed by atoms with van der Waals surface area (Å²) < 4.78 is 5.15. The molecule has 2 aliphatic rings. The number of hydrogen-bond donors (Lipinski definition) is 1. The van der Waals surface area contributed by atoms with Crippen LogP contribution in [-0.4, -0.2) is 50.2 Å². The van der Waals surface area contributed by atoms with E-state index in [2.05, 4.69) is 17.1 Å². The minimum absolute atomic E-state index is 0. The van der Waals surface area contributed by atoms with E-state index in [0.29, 0.717) is 18.6 Å². The first kappa shape index (κ1) is 15.7. The lowest BCUT2D eigenvalue weighted by atomic mass is 9.65. The predicted octanol–water partition coefficient (Wildman–Crippen LogP) is 1.44. The molecule has 1 amide bonds. The van der Waals surface area contributed by atoms with Crippen molar-refractivity contribution in [1.29, 1.82) is 0 Å². The van der Waals surface area contributed by atoms with Crippen LogP contribution >= 0.6 is 12.4 Å². The Hall–Kier alpha value is -0.320. The Morgan fingerprint density at radius 2 is 2.22 bits per heavy atom. The van der Waals surface area contributed by atoms with Gasteiger partial charge in [-0.25, -0.2) is 0 Å². The average molecular weight is 277 g/mol. The fourth-order valence-electron chi connectivity index (χ4n) is 2.92. The van der Waals surface area contributed by atoms with Crippen LogP contribution in [0.25, 0.3) is 0 Å². The van der Waals surface area contributed by atoms with Crippen LogP contribution in [0.15, 0.2) is 0 Å². The zero-order valence-corrected chi connectivity index (χ0v) is 12.2. The van der Waals surface area contributed by atoms with Gasteiger partial charge in [-0.2, -0.15) is 0 Å². The lowest BCUT2D eigenvalue weighted by Crippen LogP contribution is -2.57. The molecule has 18 heavy (non-hydrogen) atoms. The molecule has 1 unspecified atom stereocenters. The summed E-state index contributed by atoms with van der Waals surface area (Å²) in [7, 11) is 1.71. The van der Waals surface area contributed by atoms with Crippen molar-refractivity contribution in [3.63, 3.8) is 0 Å². The molecule has 5 heteroatoms. The van der Waals surface area contributed by atoms with Crippen molar-refractivity contribution in [2.24, 2.45) is 5.41 Å². The van der Waals surface area contributed by atoms with Gasteiger partial charge >= 0.3 is 0 Å². The van der Waals surface area contributed by atoms with Crippen LogP contribution < -0.4 is 5.32 Å². The van der Waals surface area contributed by atoms with Gasteiger partial charge in [0.05, 0.1) is 5.41 Å². The molecule has 0 radical (unpaired) electrons. The molecule has 0 spiro atoms. The topological polar surface area (TPSA) is 41.6 Å². The van der Waals surface area contributed by atoms with Crippen LogP contribution in [0.2, 0.25) is 0 Å². The Balaban J connectivity index is 0.00000162. The average Bonchev–Trinajstić information content (AvgIpc) is 2.27. The molecule has 0 bridgehead atoms. The van der Waals surface area contributed by atoms with Crippen LogP contribution in [0.1, 0.15) is 32.6 Å². The zero-order valence-electron chi connectivity index (χ0n) is 11.4. The minimum atomic E-state index is -0.0902. The Morgan fingerprint density at radius 3 is 2.72 bits per heavy atom. The molecule has 1 N–H and O–H groups in total. The molecule has 1 aliphatic heterocycles. The number of hydrogen-bond acceptors (Lipinski definition) is 3. The van der Waals surface area contributed by atoms with Crippen molar-refractivity contribution in [2.45, 2.75) is 38.6 Å². The normalized spacial score (nSPS) is 26.1. The maximum atomic E-state index is 12.6. The molecule has 2 rings (SSSR count). The minimum Gasteiger partial charge on any atom is -0.385 e. The van der Waals surface area contributed by atoms with Gasteiger partial charge in [-0.15, -0.1) is 12.4 Å². The molecule has 1 atom stereocenters. The number of nitrogens with zero attached hydrogens (tertiary/aromatic N) is 1. The summed E-state index contributed by atoms with van der Waals surface area (Å²) in [6.07, 6.45) is 4.18. The summed E-state index contributed by atoms with van der Waals surface area (Å²) in [5.41, 5.74) is -0.0902. The number of amides is 1. The summed E-state index contributed by atoms with van der Waals surface area (Å²) in [5.74, 6) is 0.370. The molecule has 0 aromatic heterocycles. The van der Waals surface area contributed by atoms with Crippen molar-refractivity contribution in [1.82, 2.24) is 10.2 Å². The number of halogens is 1. The van der Waals surface area contributed by atoms with Gasteiger partial charge in [0.1, 0.15) is 0 Å². The monoisotopic (exact) mass is 276 g/mol. The predicted molar refractivity (Wildman–Crippen MR) is 74.1 cm³/mol. The van der Waals surface area contributed by atoms with E-state index in [4.69, 9.17) is 4.74 Å². The second-order valence-electron chi connectivity index (χ2n) is 5.48. The van der Waals surface area contributed by atoms with Crippen molar-refractivity contribution in [2.75, 3.05) is 33.4 Å². The van der Waals surface area contributed by atoms with Gasteiger partial charge in [0, 0.05) is 39.4 Å². The highest BCUT2D eigenvalue weighted by Crippen LogP contribution is 2.45. The number of ether oxygens (including phenoxy) is 1. The van der Waals surface area contributed by atoms with E-state index in [-0.39, 0.29) is 17.8 Å². The third-order valence-corrected chi connectivity index (χ3v) is 4.21. The van der Waals surface area contributed by atoms with Gasteiger partial charge < -0.3 is 15.0 Å². The summed E-state index contributed by atoms with van der Waals surface area (Å²) in [6, 6.07) is 0.423. The van der Waals surface area contributed by atoms with Crippen molar-refractivity contribution < 1.29 is 9.53 Å². The van der Waals surface area contributed by atoms with Crippen LogP contribution in [0, 0.1) is 5.41 Å². The molecule has 1 saturated carbocycles. The SMILES string of the molecule is COCCC1(C(=O)N2CCNC(C)C2)CCC1.Cl. The second-order valence-corrected chi connectivity index (χ2v) is 5.48. The Kier molecular flexibility index (Phi) is 5.89. The Bertz CT molecular complexity index is 282. The molecular formula is C13H25ClN2O2. The summed E-state index contributed by atoms with van der Waals surface area (Å²) in [4.78, 5) is 14.6. The number of methoxy groups -OCH3 is 1. The Morgan fingerprint density at radius 1 is 1.50 bits per heavy atom.